The summed E-state index contributed by atoms with van der Waals surface area (Å²) in [6, 6.07) is 10.4. The molecule has 7 nitrogen and oxygen atoms in total. The molecule has 0 aliphatic rings. The van der Waals surface area contributed by atoms with Crippen LogP contribution in [-0.2, 0) is 16.6 Å². The summed E-state index contributed by atoms with van der Waals surface area (Å²) in [7, 11) is -3.44. The fourth-order valence-corrected chi connectivity index (χ4v) is 4.02. The number of aryl methyl sites for hydroxylation is 1. The maximum absolute atomic E-state index is 13.3. The van der Waals surface area contributed by atoms with Crippen LogP contribution in [0.2, 0.25) is 0 Å². The molecule has 0 amide bonds. The topological polar surface area (TPSA) is 94.0 Å². The first-order valence-corrected chi connectivity index (χ1v) is 12.0. The highest BCUT2D eigenvalue weighted by atomic mass is 32.2. The Morgan fingerprint density at radius 1 is 1.03 bits per heavy atom. The van der Waals surface area contributed by atoms with Crippen molar-refractivity contribution in [1.29, 1.82) is 0 Å². The summed E-state index contributed by atoms with van der Waals surface area (Å²) >= 11 is 0. The average Bonchev–Trinajstić information content (AvgIpc) is 3.13. The van der Waals surface area contributed by atoms with Crippen LogP contribution in [0.25, 0.3) is 32.8 Å². The lowest BCUT2D eigenvalue weighted by atomic mass is 10.1. The van der Waals surface area contributed by atoms with Crippen molar-refractivity contribution in [1.82, 2.24) is 14.8 Å². The molecule has 2 aromatic carbocycles. The van der Waals surface area contributed by atoms with Gasteiger partial charge in [-0.1, -0.05) is 26.0 Å². The van der Waals surface area contributed by atoms with Crippen molar-refractivity contribution in [3.05, 3.63) is 65.2 Å². The van der Waals surface area contributed by atoms with Gasteiger partial charge in [0.2, 0.25) is 10.0 Å². The molecule has 160 valence electrons. The number of pyridine rings is 1. The highest BCUT2D eigenvalue weighted by Crippen LogP contribution is 2.23. The highest BCUT2D eigenvalue weighted by Gasteiger charge is 2.10. The van der Waals surface area contributed by atoms with E-state index in [4.69, 9.17) is 0 Å². The SMILES string of the molecule is CC(C)CCn1cc(-c2cnc3ccc4ccc(NS(C)(=O)=O)cc4c(=O)c3c2)cn1. The fraction of sp³-hybridized carbons (Fsp3) is 0.261. The number of aromatic nitrogens is 3. The molecule has 2 heterocycles. The minimum atomic E-state index is -3.44. The normalized spacial score (nSPS) is 12.0. The number of hydrogen-bond acceptors (Lipinski definition) is 5. The Morgan fingerprint density at radius 2 is 1.81 bits per heavy atom. The zero-order valence-corrected chi connectivity index (χ0v) is 18.5. The van der Waals surface area contributed by atoms with Gasteiger partial charge in [0.15, 0.2) is 5.43 Å². The predicted octanol–water partition coefficient (Wildman–Crippen LogP) is 4.03. The second-order valence-corrected chi connectivity index (χ2v) is 9.92. The lowest BCUT2D eigenvalue weighted by Crippen LogP contribution is -2.10. The lowest BCUT2D eigenvalue weighted by Gasteiger charge is -2.04. The van der Waals surface area contributed by atoms with E-state index >= 15 is 0 Å². The summed E-state index contributed by atoms with van der Waals surface area (Å²) < 4.78 is 27.5. The molecule has 0 bridgehead atoms. The van der Waals surface area contributed by atoms with Crippen molar-refractivity contribution in [2.45, 2.75) is 26.8 Å². The first kappa shape index (κ1) is 21.0. The van der Waals surface area contributed by atoms with Gasteiger partial charge in [-0.3, -0.25) is 19.2 Å². The Labute approximate surface area is 180 Å². The van der Waals surface area contributed by atoms with Gasteiger partial charge in [-0.05, 0) is 42.0 Å². The maximum Gasteiger partial charge on any atom is 0.229 e. The van der Waals surface area contributed by atoms with E-state index in [0.29, 0.717) is 33.3 Å². The standard InChI is InChI=1S/C23H24N4O3S/c1-15(2)8-9-27-14-18(13-25-27)17-10-21-22(24-12-17)7-5-16-4-6-19(26-31(3,29)30)11-20(16)23(21)28/h4-7,10-15,26H,8-9H2,1-3H3. The number of fused-ring (bicyclic) bond motifs is 2. The summed E-state index contributed by atoms with van der Waals surface area (Å²) in [4.78, 5) is 17.8. The molecule has 0 atom stereocenters. The van der Waals surface area contributed by atoms with Crippen LogP contribution in [0.5, 0.6) is 0 Å². The second-order valence-electron chi connectivity index (χ2n) is 8.17. The average molecular weight is 437 g/mol. The monoisotopic (exact) mass is 436 g/mol. The van der Waals surface area contributed by atoms with Crippen molar-refractivity contribution >= 4 is 37.4 Å². The summed E-state index contributed by atoms with van der Waals surface area (Å²) in [6.07, 6.45) is 7.60. The second kappa shape index (κ2) is 8.11. The van der Waals surface area contributed by atoms with Gasteiger partial charge in [0.1, 0.15) is 0 Å². The number of sulfonamides is 1. The summed E-state index contributed by atoms with van der Waals surface area (Å²) in [6.45, 7) is 5.18. The third-order valence-corrected chi connectivity index (χ3v) is 5.69. The zero-order chi connectivity index (χ0) is 22.2. The summed E-state index contributed by atoms with van der Waals surface area (Å²) in [5, 5.41) is 6.03. The molecule has 0 spiro atoms. The minimum Gasteiger partial charge on any atom is -0.289 e. The van der Waals surface area contributed by atoms with E-state index in [-0.39, 0.29) is 5.43 Å². The maximum atomic E-state index is 13.3. The predicted molar refractivity (Wildman–Crippen MR) is 125 cm³/mol. The molecule has 31 heavy (non-hydrogen) atoms. The van der Waals surface area contributed by atoms with Crippen molar-refractivity contribution < 1.29 is 8.42 Å². The molecule has 0 unspecified atom stereocenters. The largest absolute Gasteiger partial charge is 0.289 e. The van der Waals surface area contributed by atoms with Gasteiger partial charge < -0.3 is 0 Å². The molecule has 0 saturated carbocycles. The van der Waals surface area contributed by atoms with Crippen molar-refractivity contribution in [2.75, 3.05) is 11.0 Å². The molecule has 0 aliphatic carbocycles. The number of anilines is 1. The van der Waals surface area contributed by atoms with Crippen molar-refractivity contribution in [3.63, 3.8) is 0 Å². The molecule has 0 saturated heterocycles. The first-order valence-electron chi connectivity index (χ1n) is 10.1. The van der Waals surface area contributed by atoms with Crippen molar-refractivity contribution in [2.24, 2.45) is 5.92 Å². The third kappa shape index (κ3) is 4.74. The van der Waals surface area contributed by atoms with E-state index in [1.807, 2.05) is 23.0 Å². The number of nitrogens with one attached hydrogen (secondary N) is 1. The van der Waals surface area contributed by atoms with Crippen LogP contribution < -0.4 is 10.2 Å². The van der Waals surface area contributed by atoms with Gasteiger partial charge in [-0.15, -0.1) is 0 Å². The van der Waals surface area contributed by atoms with Crippen LogP contribution in [0.15, 0.2) is 59.8 Å². The zero-order valence-electron chi connectivity index (χ0n) is 17.7. The Bertz CT molecular complexity index is 1440. The van der Waals surface area contributed by atoms with Gasteiger partial charge in [0.05, 0.1) is 18.0 Å². The summed E-state index contributed by atoms with van der Waals surface area (Å²) in [5.41, 5.74) is 2.43. The van der Waals surface area contributed by atoms with E-state index in [0.717, 1.165) is 30.3 Å². The van der Waals surface area contributed by atoms with E-state index < -0.39 is 10.0 Å². The molecule has 0 aliphatic heterocycles. The van der Waals surface area contributed by atoms with E-state index in [9.17, 15) is 13.2 Å². The van der Waals surface area contributed by atoms with Gasteiger partial charge in [0.25, 0.3) is 0 Å². The molecular weight excluding hydrogens is 412 g/mol. The van der Waals surface area contributed by atoms with Crippen LogP contribution in [0.4, 0.5) is 5.69 Å². The molecule has 4 aromatic rings. The smallest absolute Gasteiger partial charge is 0.229 e. The molecular formula is C23H24N4O3S. The van der Waals surface area contributed by atoms with E-state index in [2.05, 4.69) is 28.7 Å². The third-order valence-electron chi connectivity index (χ3n) is 5.09. The lowest BCUT2D eigenvalue weighted by molar-refractivity contribution is 0.487. The molecule has 0 fully saturated rings. The molecule has 0 radical (unpaired) electrons. The molecule has 1 N–H and O–H groups in total. The van der Waals surface area contributed by atoms with Crippen LogP contribution in [0.3, 0.4) is 0 Å². The van der Waals surface area contributed by atoms with Crippen molar-refractivity contribution in [3.8, 4) is 11.1 Å². The van der Waals surface area contributed by atoms with Gasteiger partial charge in [-0.25, -0.2) is 8.42 Å². The molecule has 8 heteroatoms. The Balaban J connectivity index is 1.82. The van der Waals surface area contributed by atoms with Gasteiger partial charge in [-0.2, -0.15) is 5.10 Å². The Hall–Kier alpha value is -3.26. The first-order chi connectivity index (χ1) is 14.7. The number of nitrogens with zero attached hydrogens (tertiary/aromatic N) is 3. The van der Waals surface area contributed by atoms with Crippen LogP contribution in [0.1, 0.15) is 20.3 Å². The number of hydrogen-bond donors (Lipinski definition) is 1. The number of rotatable bonds is 6. The Morgan fingerprint density at radius 3 is 2.55 bits per heavy atom. The highest BCUT2D eigenvalue weighted by molar-refractivity contribution is 7.92. The van der Waals surface area contributed by atoms with E-state index in [1.54, 1.807) is 36.7 Å². The fourth-order valence-electron chi connectivity index (χ4n) is 3.46. The van der Waals surface area contributed by atoms with Gasteiger partial charge in [0, 0.05) is 46.5 Å². The van der Waals surface area contributed by atoms with Gasteiger partial charge >= 0.3 is 0 Å². The molecule has 4 rings (SSSR count). The summed E-state index contributed by atoms with van der Waals surface area (Å²) in [5.74, 6) is 0.591. The molecule has 2 aromatic heterocycles. The van der Waals surface area contributed by atoms with E-state index in [1.165, 1.54) is 0 Å². The minimum absolute atomic E-state index is 0.200. The number of benzene rings is 1. The van der Waals surface area contributed by atoms with Crippen LogP contribution in [-0.4, -0.2) is 29.4 Å². The van der Waals surface area contributed by atoms with Crippen LogP contribution >= 0.6 is 0 Å². The van der Waals surface area contributed by atoms with Crippen LogP contribution in [0, 0.1) is 5.92 Å². The Kier molecular flexibility index (Phi) is 5.49. The quantitative estimate of drug-likeness (QED) is 0.492.